The van der Waals surface area contributed by atoms with E-state index < -0.39 is 26.0 Å². The van der Waals surface area contributed by atoms with Crippen molar-refractivity contribution in [3.8, 4) is 5.75 Å². The van der Waals surface area contributed by atoms with Crippen LogP contribution in [-0.2, 0) is 31.2 Å². The van der Waals surface area contributed by atoms with Gasteiger partial charge in [0, 0.05) is 30.4 Å². The number of methoxy groups -OCH3 is 1. The van der Waals surface area contributed by atoms with Gasteiger partial charge in [-0.25, -0.2) is 16.8 Å². The van der Waals surface area contributed by atoms with Crippen LogP contribution in [0.2, 0.25) is 0 Å². The van der Waals surface area contributed by atoms with Crippen LogP contribution in [-0.4, -0.2) is 66.5 Å². The maximum absolute atomic E-state index is 13.6. The minimum atomic E-state index is -3.94. The number of anilines is 2. The van der Waals surface area contributed by atoms with Crippen LogP contribution in [0.3, 0.4) is 0 Å². The van der Waals surface area contributed by atoms with Crippen molar-refractivity contribution in [2.24, 2.45) is 0 Å². The predicted molar refractivity (Wildman–Crippen MR) is 146 cm³/mol. The molecule has 0 bridgehead atoms. The van der Waals surface area contributed by atoms with Gasteiger partial charge in [0.15, 0.2) is 0 Å². The highest BCUT2D eigenvalue weighted by Crippen LogP contribution is 2.37. The zero-order chi connectivity index (χ0) is 27.8. The van der Waals surface area contributed by atoms with E-state index in [-0.39, 0.29) is 45.9 Å². The van der Waals surface area contributed by atoms with Crippen LogP contribution in [0.15, 0.2) is 76.5 Å². The summed E-state index contributed by atoms with van der Waals surface area (Å²) in [7, 11) is -6.46. The highest BCUT2D eigenvalue weighted by Gasteiger charge is 2.36. The summed E-state index contributed by atoms with van der Waals surface area (Å²) >= 11 is 0. The Labute approximate surface area is 228 Å². The number of ether oxygens (including phenoxy) is 2. The molecule has 2 aliphatic heterocycles. The van der Waals surface area contributed by atoms with Gasteiger partial charge < -0.3 is 14.8 Å². The van der Waals surface area contributed by atoms with Gasteiger partial charge in [-0.1, -0.05) is 24.3 Å². The smallest absolute Gasteiger partial charge is 0.264 e. The largest absolute Gasteiger partial charge is 0.495 e. The Balaban J connectivity index is 1.41. The number of hydrogen-bond acceptors (Lipinski definition) is 7. The summed E-state index contributed by atoms with van der Waals surface area (Å²) in [5.41, 5.74) is 1.92. The lowest BCUT2D eigenvalue weighted by atomic mass is 10.1. The number of morpholine rings is 1. The number of carbonyl (C=O) groups is 1. The number of sulfonamides is 2. The Morgan fingerprint density at radius 2 is 1.69 bits per heavy atom. The SMILES string of the molecule is COc1ccc(NC(=O)c2cccc(S(=O)(=O)N3c4ccccc4C[C@H]3C)c2)cc1S(=O)(=O)N1CCOCC1. The second kappa shape index (κ2) is 10.6. The fraction of sp³-hybridized carbons (Fsp3) is 0.296. The first kappa shape index (κ1) is 27.1. The highest BCUT2D eigenvalue weighted by molar-refractivity contribution is 7.93. The van der Waals surface area contributed by atoms with Crippen molar-refractivity contribution < 1.29 is 31.1 Å². The summed E-state index contributed by atoms with van der Waals surface area (Å²) in [6, 6.07) is 17.2. The number of rotatable bonds is 7. The van der Waals surface area contributed by atoms with Gasteiger partial charge in [0.05, 0.1) is 30.9 Å². The molecule has 3 aromatic rings. The van der Waals surface area contributed by atoms with Gasteiger partial charge in [-0.3, -0.25) is 9.10 Å². The van der Waals surface area contributed by atoms with E-state index in [1.807, 2.05) is 19.1 Å². The first-order chi connectivity index (χ1) is 18.6. The van der Waals surface area contributed by atoms with Crippen LogP contribution in [0.5, 0.6) is 5.75 Å². The second-order valence-electron chi connectivity index (χ2n) is 9.35. The predicted octanol–water partition coefficient (Wildman–Crippen LogP) is 3.11. The monoisotopic (exact) mass is 571 g/mol. The van der Waals surface area contributed by atoms with Gasteiger partial charge in [0.1, 0.15) is 10.6 Å². The molecule has 0 unspecified atom stereocenters. The molecule has 1 N–H and O–H groups in total. The molecule has 39 heavy (non-hydrogen) atoms. The summed E-state index contributed by atoms with van der Waals surface area (Å²) < 4.78 is 67.0. The first-order valence-corrected chi connectivity index (χ1v) is 15.3. The van der Waals surface area contributed by atoms with Gasteiger partial charge in [-0.15, -0.1) is 0 Å². The zero-order valence-electron chi connectivity index (χ0n) is 21.5. The summed E-state index contributed by atoms with van der Waals surface area (Å²) in [6.07, 6.45) is 0.600. The summed E-state index contributed by atoms with van der Waals surface area (Å²) in [5.74, 6) is -0.436. The molecule has 206 valence electrons. The van der Waals surface area contributed by atoms with Crippen molar-refractivity contribution >= 4 is 37.3 Å². The topological polar surface area (TPSA) is 122 Å². The van der Waals surface area contributed by atoms with Crippen LogP contribution in [0.1, 0.15) is 22.8 Å². The molecule has 1 amide bonds. The van der Waals surface area contributed by atoms with Gasteiger partial charge in [-0.2, -0.15) is 4.31 Å². The molecule has 10 nitrogen and oxygen atoms in total. The van der Waals surface area contributed by atoms with Crippen LogP contribution in [0, 0.1) is 0 Å². The van der Waals surface area contributed by atoms with E-state index in [0.717, 1.165) is 5.56 Å². The van der Waals surface area contributed by atoms with Gasteiger partial charge in [-0.05, 0) is 61.4 Å². The standard InChI is InChI=1S/C27H29N3O7S2/c1-19-16-20-6-3-4-9-24(20)30(19)38(32,33)23-8-5-7-21(17-23)27(31)28-22-10-11-25(36-2)26(18-22)39(34,35)29-12-14-37-15-13-29/h3-11,17-19H,12-16H2,1-2H3,(H,28,31)/t19-/m1/s1. The van der Waals surface area contributed by atoms with Crippen molar-refractivity contribution in [1.29, 1.82) is 0 Å². The third-order valence-electron chi connectivity index (χ3n) is 6.81. The zero-order valence-corrected chi connectivity index (χ0v) is 23.2. The maximum Gasteiger partial charge on any atom is 0.264 e. The average molecular weight is 572 g/mol. The molecular formula is C27H29N3O7S2. The normalized spacial score (nSPS) is 18.0. The van der Waals surface area contributed by atoms with Crippen LogP contribution >= 0.6 is 0 Å². The van der Waals surface area contributed by atoms with E-state index >= 15 is 0 Å². The molecule has 0 aliphatic carbocycles. The third-order valence-corrected chi connectivity index (χ3v) is 10.7. The summed E-state index contributed by atoms with van der Waals surface area (Å²) in [4.78, 5) is 13.1. The molecule has 0 spiro atoms. The molecule has 0 aromatic heterocycles. The molecule has 2 heterocycles. The van der Waals surface area contributed by atoms with E-state index in [1.165, 1.54) is 58.2 Å². The minimum absolute atomic E-state index is 0.0102. The van der Waals surface area contributed by atoms with Crippen molar-refractivity contribution in [3.05, 3.63) is 77.9 Å². The Hall–Kier alpha value is -3.45. The van der Waals surface area contributed by atoms with E-state index in [1.54, 1.807) is 12.1 Å². The number of para-hydroxylation sites is 1. The van der Waals surface area contributed by atoms with Crippen LogP contribution in [0.25, 0.3) is 0 Å². The number of benzene rings is 3. The number of hydrogen-bond donors (Lipinski definition) is 1. The fourth-order valence-corrected chi connectivity index (χ4v) is 8.23. The molecule has 5 rings (SSSR count). The van der Waals surface area contributed by atoms with Crippen molar-refractivity contribution in [2.45, 2.75) is 29.2 Å². The van der Waals surface area contributed by atoms with Crippen LogP contribution < -0.4 is 14.4 Å². The summed E-state index contributed by atoms with van der Waals surface area (Å²) in [6.45, 7) is 2.85. The molecule has 0 radical (unpaired) electrons. The van der Waals surface area contributed by atoms with Gasteiger partial charge in [0.2, 0.25) is 10.0 Å². The van der Waals surface area contributed by atoms with Crippen molar-refractivity contribution in [2.75, 3.05) is 43.0 Å². The average Bonchev–Trinajstić information content (AvgIpc) is 3.30. The van der Waals surface area contributed by atoms with E-state index in [9.17, 15) is 21.6 Å². The highest BCUT2D eigenvalue weighted by atomic mass is 32.2. The number of carbonyl (C=O) groups excluding carboxylic acids is 1. The minimum Gasteiger partial charge on any atom is -0.495 e. The van der Waals surface area contributed by atoms with Gasteiger partial charge >= 0.3 is 0 Å². The lowest BCUT2D eigenvalue weighted by molar-refractivity contribution is 0.0729. The van der Waals surface area contributed by atoms with E-state index in [4.69, 9.17) is 9.47 Å². The number of amides is 1. The number of nitrogens with zero attached hydrogens (tertiary/aromatic N) is 2. The lowest BCUT2D eigenvalue weighted by Gasteiger charge is -2.26. The van der Waals surface area contributed by atoms with Crippen molar-refractivity contribution in [3.63, 3.8) is 0 Å². The number of fused-ring (bicyclic) bond motifs is 1. The Morgan fingerprint density at radius 1 is 0.949 bits per heavy atom. The molecule has 2 aliphatic rings. The van der Waals surface area contributed by atoms with Gasteiger partial charge in [0.25, 0.3) is 15.9 Å². The first-order valence-electron chi connectivity index (χ1n) is 12.4. The molecule has 1 fully saturated rings. The molecule has 1 saturated heterocycles. The second-order valence-corrected chi connectivity index (χ2v) is 13.1. The third kappa shape index (κ3) is 5.12. The molecule has 3 aromatic carbocycles. The fourth-order valence-electron chi connectivity index (χ4n) is 4.90. The Morgan fingerprint density at radius 3 is 2.44 bits per heavy atom. The van der Waals surface area contributed by atoms with E-state index in [0.29, 0.717) is 25.3 Å². The number of nitrogens with one attached hydrogen (secondary N) is 1. The molecule has 1 atom stereocenters. The van der Waals surface area contributed by atoms with Crippen molar-refractivity contribution in [1.82, 2.24) is 4.31 Å². The quantitative estimate of drug-likeness (QED) is 0.462. The van der Waals surface area contributed by atoms with Crippen LogP contribution in [0.4, 0.5) is 11.4 Å². The summed E-state index contributed by atoms with van der Waals surface area (Å²) in [5, 5.41) is 2.69. The van der Waals surface area contributed by atoms with E-state index in [2.05, 4.69) is 5.32 Å². The molecule has 12 heteroatoms. The molecule has 0 saturated carbocycles. The molecular weight excluding hydrogens is 542 g/mol. The lowest BCUT2D eigenvalue weighted by Crippen LogP contribution is -2.40. The Bertz CT molecular complexity index is 1620. The maximum atomic E-state index is 13.6. The Kier molecular flexibility index (Phi) is 7.38.